The van der Waals surface area contributed by atoms with E-state index >= 15 is 0 Å². The standard InChI is InChI=1S/C12H8N2O5/c15-8-3-4-14(13-11(8)12(16)17)7-1-2-9-10(5-7)19-6-18-9/h1-5H,6H2,(H,16,17). The molecule has 0 fully saturated rings. The number of aromatic carboxylic acids is 1. The van der Waals surface area contributed by atoms with Crippen molar-refractivity contribution in [3.05, 3.63) is 46.4 Å². The zero-order chi connectivity index (χ0) is 13.4. The summed E-state index contributed by atoms with van der Waals surface area (Å²) >= 11 is 0. The number of hydrogen-bond donors (Lipinski definition) is 1. The molecule has 7 heteroatoms. The molecular weight excluding hydrogens is 252 g/mol. The summed E-state index contributed by atoms with van der Waals surface area (Å²) in [6.45, 7) is 0.150. The van der Waals surface area contributed by atoms with Crippen LogP contribution < -0.4 is 14.9 Å². The first kappa shape index (κ1) is 11.3. The summed E-state index contributed by atoms with van der Waals surface area (Å²) in [7, 11) is 0. The SMILES string of the molecule is O=C(O)c1nn(-c2ccc3c(c2)OCO3)ccc1=O. The van der Waals surface area contributed by atoms with E-state index in [1.165, 1.54) is 10.9 Å². The molecule has 1 aliphatic heterocycles. The number of nitrogens with zero attached hydrogens (tertiary/aromatic N) is 2. The third-order valence-electron chi connectivity index (χ3n) is 2.63. The first-order chi connectivity index (χ1) is 9.15. The monoisotopic (exact) mass is 260 g/mol. The number of carboxylic acid groups (broad SMARTS) is 1. The number of benzene rings is 1. The molecule has 96 valence electrons. The number of hydrogen-bond acceptors (Lipinski definition) is 5. The van der Waals surface area contributed by atoms with E-state index in [-0.39, 0.29) is 6.79 Å². The largest absolute Gasteiger partial charge is 0.476 e. The lowest BCUT2D eigenvalue weighted by Crippen LogP contribution is -2.20. The summed E-state index contributed by atoms with van der Waals surface area (Å²) in [6.07, 6.45) is 1.40. The van der Waals surface area contributed by atoms with Crippen LogP contribution in [0.15, 0.2) is 35.3 Å². The van der Waals surface area contributed by atoms with Crippen LogP contribution in [-0.2, 0) is 0 Å². The molecule has 0 atom stereocenters. The first-order valence-electron chi connectivity index (χ1n) is 5.38. The highest BCUT2D eigenvalue weighted by Gasteiger charge is 2.15. The molecule has 2 heterocycles. The van der Waals surface area contributed by atoms with Crippen molar-refractivity contribution in [2.45, 2.75) is 0 Å². The molecule has 0 saturated carbocycles. The zero-order valence-electron chi connectivity index (χ0n) is 9.57. The Morgan fingerprint density at radius 1 is 1.26 bits per heavy atom. The molecule has 0 aliphatic carbocycles. The van der Waals surface area contributed by atoms with Crippen molar-refractivity contribution in [2.75, 3.05) is 6.79 Å². The summed E-state index contributed by atoms with van der Waals surface area (Å²) in [5.74, 6) is -0.196. The average Bonchev–Trinajstić information content (AvgIpc) is 2.86. The highest BCUT2D eigenvalue weighted by molar-refractivity contribution is 5.84. The molecule has 1 aliphatic rings. The predicted octanol–water partition coefficient (Wildman–Crippen LogP) is 0.659. The van der Waals surface area contributed by atoms with Crippen molar-refractivity contribution in [3.63, 3.8) is 0 Å². The fraction of sp³-hybridized carbons (Fsp3) is 0.0833. The van der Waals surface area contributed by atoms with E-state index < -0.39 is 17.1 Å². The van der Waals surface area contributed by atoms with Gasteiger partial charge in [0.15, 0.2) is 11.5 Å². The molecular formula is C12H8N2O5. The Balaban J connectivity index is 2.10. The van der Waals surface area contributed by atoms with Crippen molar-refractivity contribution in [1.29, 1.82) is 0 Å². The molecule has 1 aromatic heterocycles. The number of carboxylic acids is 1. The van der Waals surface area contributed by atoms with Crippen LogP contribution in [0.2, 0.25) is 0 Å². The van der Waals surface area contributed by atoms with E-state index in [1.54, 1.807) is 18.2 Å². The van der Waals surface area contributed by atoms with Crippen LogP contribution >= 0.6 is 0 Å². The van der Waals surface area contributed by atoms with Crippen molar-refractivity contribution < 1.29 is 19.4 Å². The smallest absolute Gasteiger partial charge is 0.360 e. The topological polar surface area (TPSA) is 90.7 Å². The van der Waals surface area contributed by atoms with Crippen LogP contribution in [0.4, 0.5) is 0 Å². The second kappa shape index (κ2) is 4.13. The maximum Gasteiger partial charge on any atom is 0.360 e. The van der Waals surface area contributed by atoms with Crippen molar-refractivity contribution >= 4 is 5.97 Å². The summed E-state index contributed by atoms with van der Waals surface area (Å²) in [6, 6.07) is 6.20. The maximum absolute atomic E-state index is 11.3. The minimum atomic E-state index is -1.36. The predicted molar refractivity (Wildman–Crippen MR) is 62.9 cm³/mol. The van der Waals surface area contributed by atoms with Gasteiger partial charge in [0.25, 0.3) is 0 Å². The fourth-order valence-corrected chi connectivity index (χ4v) is 1.73. The van der Waals surface area contributed by atoms with Gasteiger partial charge in [0.1, 0.15) is 0 Å². The van der Waals surface area contributed by atoms with Crippen molar-refractivity contribution in [1.82, 2.24) is 9.78 Å². The summed E-state index contributed by atoms with van der Waals surface area (Å²) in [5, 5.41) is 12.6. The van der Waals surface area contributed by atoms with Crippen LogP contribution in [0.3, 0.4) is 0 Å². The van der Waals surface area contributed by atoms with Gasteiger partial charge in [0.05, 0.1) is 5.69 Å². The lowest BCUT2D eigenvalue weighted by atomic mass is 10.3. The summed E-state index contributed by atoms with van der Waals surface area (Å²) < 4.78 is 11.7. The van der Waals surface area contributed by atoms with Gasteiger partial charge in [-0.1, -0.05) is 0 Å². The molecule has 0 unspecified atom stereocenters. The lowest BCUT2D eigenvalue weighted by Gasteiger charge is -2.06. The van der Waals surface area contributed by atoms with E-state index in [9.17, 15) is 9.59 Å². The van der Waals surface area contributed by atoms with E-state index in [4.69, 9.17) is 14.6 Å². The van der Waals surface area contributed by atoms with Gasteiger partial charge in [-0.25, -0.2) is 9.48 Å². The number of carbonyl (C=O) groups is 1. The fourth-order valence-electron chi connectivity index (χ4n) is 1.73. The number of rotatable bonds is 2. The molecule has 7 nitrogen and oxygen atoms in total. The average molecular weight is 260 g/mol. The van der Waals surface area contributed by atoms with E-state index in [1.807, 2.05) is 0 Å². The van der Waals surface area contributed by atoms with Gasteiger partial charge >= 0.3 is 5.97 Å². The first-order valence-corrected chi connectivity index (χ1v) is 5.38. The van der Waals surface area contributed by atoms with Crippen LogP contribution in [0, 0.1) is 0 Å². The summed E-state index contributed by atoms with van der Waals surface area (Å²) in [5.41, 5.74) is -0.587. The van der Waals surface area contributed by atoms with Gasteiger partial charge < -0.3 is 14.6 Å². The molecule has 1 aromatic carbocycles. The number of fused-ring (bicyclic) bond motifs is 1. The molecule has 0 saturated heterocycles. The number of ether oxygens (including phenoxy) is 2. The Bertz CT molecular complexity index is 722. The Hall–Kier alpha value is -2.83. The van der Waals surface area contributed by atoms with Crippen molar-refractivity contribution in [3.8, 4) is 17.2 Å². The van der Waals surface area contributed by atoms with Crippen LogP contribution in [0.5, 0.6) is 11.5 Å². The molecule has 1 N–H and O–H groups in total. The minimum absolute atomic E-state index is 0.150. The molecule has 0 radical (unpaired) electrons. The Kier molecular flexibility index (Phi) is 2.45. The highest BCUT2D eigenvalue weighted by atomic mass is 16.7. The molecule has 3 rings (SSSR count). The van der Waals surface area contributed by atoms with E-state index in [0.717, 1.165) is 6.07 Å². The Morgan fingerprint density at radius 3 is 2.84 bits per heavy atom. The maximum atomic E-state index is 11.3. The second-order valence-corrected chi connectivity index (χ2v) is 3.82. The summed E-state index contributed by atoms with van der Waals surface area (Å²) in [4.78, 5) is 22.2. The zero-order valence-corrected chi connectivity index (χ0v) is 9.57. The molecule has 0 bridgehead atoms. The van der Waals surface area contributed by atoms with Gasteiger partial charge in [-0.05, 0) is 12.1 Å². The minimum Gasteiger partial charge on any atom is -0.476 e. The van der Waals surface area contributed by atoms with E-state index in [2.05, 4.69) is 5.10 Å². The quantitative estimate of drug-likeness (QED) is 0.852. The van der Waals surface area contributed by atoms with E-state index in [0.29, 0.717) is 17.2 Å². The molecule has 0 spiro atoms. The van der Waals surface area contributed by atoms with Gasteiger partial charge in [0.2, 0.25) is 17.9 Å². The molecule has 2 aromatic rings. The van der Waals surface area contributed by atoms with Gasteiger partial charge in [-0.3, -0.25) is 4.79 Å². The van der Waals surface area contributed by atoms with Gasteiger partial charge in [-0.2, -0.15) is 5.10 Å². The van der Waals surface area contributed by atoms with Crippen LogP contribution in [0.1, 0.15) is 10.5 Å². The molecule has 19 heavy (non-hydrogen) atoms. The highest BCUT2D eigenvalue weighted by Crippen LogP contribution is 2.33. The second-order valence-electron chi connectivity index (χ2n) is 3.82. The third kappa shape index (κ3) is 1.90. The van der Waals surface area contributed by atoms with Gasteiger partial charge in [-0.15, -0.1) is 0 Å². The Morgan fingerprint density at radius 2 is 2.05 bits per heavy atom. The van der Waals surface area contributed by atoms with Crippen LogP contribution in [0.25, 0.3) is 5.69 Å². The number of aromatic nitrogens is 2. The third-order valence-corrected chi connectivity index (χ3v) is 2.63. The normalized spacial score (nSPS) is 12.4. The molecule has 0 amide bonds. The van der Waals surface area contributed by atoms with Crippen molar-refractivity contribution in [2.24, 2.45) is 0 Å². The van der Waals surface area contributed by atoms with Crippen LogP contribution in [-0.4, -0.2) is 27.6 Å². The Labute approximate surface area is 106 Å². The van der Waals surface area contributed by atoms with Gasteiger partial charge in [0, 0.05) is 18.3 Å². The lowest BCUT2D eigenvalue weighted by molar-refractivity contribution is 0.0687.